The van der Waals surface area contributed by atoms with Gasteiger partial charge in [-0.05, 0) is 30.2 Å². The van der Waals surface area contributed by atoms with E-state index in [0.29, 0.717) is 5.69 Å². The number of carbonyl (C=O) groups excluding carboxylic acids is 1. The number of benzene rings is 2. The minimum absolute atomic E-state index is 0.225. The number of amides is 1. The van der Waals surface area contributed by atoms with Gasteiger partial charge in [0.1, 0.15) is 6.61 Å². The van der Waals surface area contributed by atoms with E-state index in [-0.39, 0.29) is 6.61 Å². The van der Waals surface area contributed by atoms with Crippen LogP contribution in [0.2, 0.25) is 0 Å². The van der Waals surface area contributed by atoms with Crippen LogP contribution in [0.4, 0.5) is 10.5 Å². The number of nitrogens with one attached hydrogen (secondary N) is 1. The molecule has 0 aliphatic heterocycles. The predicted molar refractivity (Wildman–Crippen MR) is 77.3 cm³/mol. The largest absolute Gasteiger partial charge is 0.444 e. The molecule has 1 atom stereocenters. The first kappa shape index (κ1) is 14.1. The van der Waals surface area contributed by atoms with Crippen LogP contribution in [-0.4, -0.2) is 11.2 Å². The summed E-state index contributed by atoms with van der Waals surface area (Å²) in [7, 11) is 0. The molecule has 104 valence electrons. The fourth-order valence-electron chi connectivity index (χ4n) is 1.75. The molecule has 1 amide bonds. The van der Waals surface area contributed by atoms with E-state index >= 15 is 0 Å². The van der Waals surface area contributed by atoms with E-state index in [2.05, 4.69) is 5.32 Å². The lowest BCUT2D eigenvalue weighted by Crippen LogP contribution is -2.13. The molecule has 0 radical (unpaired) electrons. The molecule has 0 aliphatic carbocycles. The third-order valence-electron chi connectivity index (χ3n) is 2.83. The molecular weight excluding hydrogens is 254 g/mol. The monoisotopic (exact) mass is 271 g/mol. The van der Waals surface area contributed by atoms with Crippen molar-refractivity contribution < 1.29 is 14.6 Å². The van der Waals surface area contributed by atoms with E-state index in [4.69, 9.17) is 4.74 Å². The number of anilines is 1. The van der Waals surface area contributed by atoms with Crippen LogP contribution in [0.5, 0.6) is 0 Å². The van der Waals surface area contributed by atoms with Gasteiger partial charge < -0.3 is 9.84 Å². The minimum atomic E-state index is -0.572. The van der Waals surface area contributed by atoms with Crippen molar-refractivity contribution in [1.29, 1.82) is 0 Å². The molecule has 2 aromatic rings. The van der Waals surface area contributed by atoms with E-state index in [1.54, 1.807) is 31.2 Å². The Labute approximate surface area is 118 Å². The van der Waals surface area contributed by atoms with Crippen LogP contribution in [-0.2, 0) is 11.3 Å². The van der Waals surface area contributed by atoms with Crippen molar-refractivity contribution in [3.8, 4) is 0 Å². The fourth-order valence-corrected chi connectivity index (χ4v) is 1.75. The lowest BCUT2D eigenvalue weighted by Gasteiger charge is -2.09. The second kappa shape index (κ2) is 6.73. The van der Waals surface area contributed by atoms with Crippen LogP contribution in [0.1, 0.15) is 24.2 Å². The number of carbonyl (C=O) groups is 1. The van der Waals surface area contributed by atoms with Crippen LogP contribution in [0.25, 0.3) is 0 Å². The summed E-state index contributed by atoms with van der Waals surface area (Å²) < 4.78 is 5.12. The van der Waals surface area contributed by atoms with Crippen molar-refractivity contribution >= 4 is 11.8 Å². The summed E-state index contributed by atoms with van der Waals surface area (Å²) in [6, 6.07) is 16.5. The molecule has 0 saturated carbocycles. The quantitative estimate of drug-likeness (QED) is 0.895. The number of hydrogen-bond acceptors (Lipinski definition) is 3. The van der Waals surface area contributed by atoms with Gasteiger partial charge >= 0.3 is 6.09 Å². The standard InChI is InChI=1S/C16H17NO3/c1-12(18)14-8-5-9-15(10-14)17-16(19)20-11-13-6-3-2-4-7-13/h2-10,12,18H,11H2,1H3,(H,17,19). The summed E-state index contributed by atoms with van der Waals surface area (Å²) in [5.74, 6) is 0. The summed E-state index contributed by atoms with van der Waals surface area (Å²) in [5, 5.41) is 12.1. The third kappa shape index (κ3) is 4.10. The fraction of sp³-hybridized carbons (Fsp3) is 0.188. The molecule has 0 saturated heterocycles. The van der Waals surface area contributed by atoms with Gasteiger partial charge in [-0.25, -0.2) is 4.79 Å². The van der Waals surface area contributed by atoms with Gasteiger partial charge in [0.25, 0.3) is 0 Å². The zero-order valence-corrected chi connectivity index (χ0v) is 11.2. The maximum atomic E-state index is 11.7. The second-order valence-electron chi connectivity index (χ2n) is 4.49. The van der Waals surface area contributed by atoms with Gasteiger partial charge in [0.2, 0.25) is 0 Å². The van der Waals surface area contributed by atoms with Gasteiger partial charge in [0.05, 0.1) is 6.10 Å². The highest BCUT2D eigenvalue weighted by Gasteiger charge is 2.06. The van der Waals surface area contributed by atoms with E-state index < -0.39 is 12.2 Å². The summed E-state index contributed by atoms with van der Waals surface area (Å²) in [4.78, 5) is 11.7. The lowest BCUT2D eigenvalue weighted by atomic mass is 10.1. The molecule has 4 nitrogen and oxygen atoms in total. The highest BCUT2D eigenvalue weighted by Crippen LogP contribution is 2.17. The molecule has 2 N–H and O–H groups in total. The molecule has 2 rings (SSSR count). The summed E-state index contributed by atoms with van der Waals surface area (Å²) in [5.41, 5.74) is 2.27. The van der Waals surface area contributed by atoms with Crippen LogP contribution in [0, 0.1) is 0 Å². The van der Waals surface area contributed by atoms with Gasteiger partial charge in [-0.3, -0.25) is 5.32 Å². The Balaban J connectivity index is 1.90. The molecule has 4 heteroatoms. The van der Waals surface area contributed by atoms with E-state index in [9.17, 15) is 9.90 Å². The van der Waals surface area contributed by atoms with Gasteiger partial charge in [-0.2, -0.15) is 0 Å². The first-order chi connectivity index (χ1) is 9.65. The summed E-state index contributed by atoms with van der Waals surface area (Å²) >= 11 is 0. The average Bonchev–Trinajstić information content (AvgIpc) is 2.46. The topological polar surface area (TPSA) is 58.6 Å². The Hall–Kier alpha value is -2.33. The Bertz CT molecular complexity index is 567. The molecule has 0 aromatic heterocycles. The Morgan fingerprint density at radius 3 is 2.65 bits per heavy atom. The van der Waals surface area contributed by atoms with Gasteiger partial charge in [-0.15, -0.1) is 0 Å². The zero-order valence-electron chi connectivity index (χ0n) is 11.2. The molecular formula is C16H17NO3. The van der Waals surface area contributed by atoms with Crippen LogP contribution >= 0.6 is 0 Å². The number of ether oxygens (including phenoxy) is 1. The molecule has 0 bridgehead atoms. The van der Waals surface area contributed by atoms with Crippen molar-refractivity contribution in [1.82, 2.24) is 0 Å². The number of aliphatic hydroxyl groups is 1. The summed E-state index contributed by atoms with van der Waals surface area (Å²) in [6.07, 6.45) is -1.09. The Morgan fingerprint density at radius 1 is 1.20 bits per heavy atom. The van der Waals surface area contributed by atoms with Crippen LogP contribution < -0.4 is 5.32 Å². The van der Waals surface area contributed by atoms with Gasteiger partial charge in [0, 0.05) is 5.69 Å². The highest BCUT2D eigenvalue weighted by atomic mass is 16.5. The van der Waals surface area contributed by atoms with Crippen molar-refractivity contribution in [2.75, 3.05) is 5.32 Å². The first-order valence-corrected chi connectivity index (χ1v) is 6.41. The highest BCUT2D eigenvalue weighted by molar-refractivity contribution is 5.84. The first-order valence-electron chi connectivity index (χ1n) is 6.41. The maximum Gasteiger partial charge on any atom is 0.411 e. The van der Waals surface area contributed by atoms with Crippen LogP contribution in [0.3, 0.4) is 0 Å². The van der Waals surface area contributed by atoms with Crippen molar-refractivity contribution in [3.63, 3.8) is 0 Å². The minimum Gasteiger partial charge on any atom is -0.444 e. The molecule has 0 spiro atoms. The molecule has 2 aromatic carbocycles. The van der Waals surface area contributed by atoms with E-state index in [0.717, 1.165) is 11.1 Å². The Morgan fingerprint density at radius 2 is 1.95 bits per heavy atom. The molecule has 20 heavy (non-hydrogen) atoms. The maximum absolute atomic E-state index is 11.7. The normalized spacial score (nSPS) is 11.7. The molecule has 1 unspecified atom stereocenters. The van der Waals surface area contributed by atoms with Crippen molar-refractivity contribution in [2.24, 2.45) is 0 Å². The molecule has 0 fully saturated rings. The molecule has 0 aliphatic rings. The lowest BCUT2D eigenvalue weighted by molar-refractivity contribution is 0.155. The summed E-state index contributed by atoms with van der Waals surface area (Å²) in [6.45, 7) is 1.90. The SMILES string of the molecule is CC(O)c1cccc(NC(=O)OCc2ccccc2)c1. The smallest absolute Gasteiger partial charge is 0.411 e. The second-order valence-corrected chi connectivity index (χ2v) is 4.49. The van der Waals surface area contributed by atoms with Crippen LogP contribution in [0.15, 0.2) is 54.6 Å². The Kier molecular flexibility index (Phi) is 4.74. The number of aliphatic hydroxyl groups excluding tert-OH is 1. The van der Waals surface area contributed by atoms with Gasteiger partial charge in [-0.1, -0.05) is 42.5 Å². The average molecular weight is 271 g/mol. The molecule has 0 heterocycles. The third-order valence-corrected chi connectivity index (χ3v) is 2.83. The van der Waals surface area contributed by atoms with Gasteiger partial charge in [0.15, 0.2) is 0 Å². The van der Waals surface area contributed by atoms with E-state index in [1.807, 2.05) is 30.3 Å². The van der Waals surface area contributed by atoms with Crippen molar-refractivity contribution in [3.05, 3.63) is 65.7 Å². The number of hydrogen-bond donors (Lipinski definition) is 2. The van der Waals surface area contributed by atoms with E-state index in [1.165, 1.54) is 0 Å². The predicted octanol–water partition coefficient (Wildman–Crippen LogP) is 3.49. The van der Waals surface area contributed by atoms with Crippen molar-refractivity contribution in [2.45, 2.75) is 19.6 Å². The zero-order chi connectivity index (χ0) is 14.4. The number of rotatable bonds is 4.